The standard InChI is InChI=1S/C77H134O17P2/c1-5-9-13-17-21-25-29-32-35-38-42-45-49-53-57-61-74(79)87-67-72(93-76(81)63-59-55-51-47-41-28-24-20-16-12-8-4)69-91-95(83,84)89-65-71(78)66-90-96(85,86)92-70-73(94-77(82)64-60-56-52-48-44-40-37-34-31-27-23-19-15-11-7-3)68-88-75(80)62-58-54-50-46-43-39-36-33-30-26-22-18-14-10-6-2/h9-10,13-14,21-22,25-26,32-37,42,45,71-73,78H,5-8,11-12,15-20,23-24,27-31,38-41,43-44,46-70H2,1-4H3,(H,83,84)(H,85,86)/b13-9-,14-10-,25-21-,26-22-,35-32-,36-33-,37-34-,45-42-. The molecule has 5 unspecified atom stereocenters. The third kappa shape index (κ3) is 68.5. The minimum Gasteiger partial charge on any atom is -0.462 e. The molecule has 554 valence electrons. The molecule has 0 bridgehead atoms. The van der Waals surface area contributed by atoms with Crippen molar-refractivity contribution in [1.82, 2.24) is 0 Å². The molecule has 0 aromatic rings. The number of phosphoric acid groups is 2. The van der Waals surface area contributed by atoms with E-state index in [1.807, 2.05) is 0 Å². The van der Waals surface area contributed by atoms with Crippen LogP contribution in [-0.2, 0) is 65.4 Å². The molecular formula is C77H134O17P2. The largest absolute Gasteiger partial charge is 0.472 e. The number of phosphoric ester groups is 2. The van der Waals surface area contributed by atoms with Crippen LogP contribution in [0.2, 0.25) is 0 Å². The molecule has 0 aliphatic rings. The Labute approximate surface area is 582 Å². The summed E-state index contributed by atoms with van der Waals surface area (Å²) < 4.78 is 68.3. The average molecular weight is 1390 g/mol. The van der Waals surface area contributed by atoms with Crippen molar-refractivity contribution in [2.24, 2.45) is 0 Å². The summed E-state index contributed by atoms with van der Waals surface area (Å²) >= 11 is 0. The highest BCUT2D eigenvalue weighted by Gasteiger charge is 2.30. The Morgan fingerprint density at radius 2 is 0.542 bits per heavy atom. The van der Waals surface area contributed by atoms with E-state index in [1.54, 1.807) is 0 Å². The molecule has 5 atom stereocenters. The van der Waals surface area contributed by atoms with Crippen LogP contribution in [-0.4, -0.2) is 96.7 Å². The Bertz CT molecular complexity index is 2200. The summed E-state index contributed by atoms with van der Waals surface area (Å²) in [6.45, 7) is 4.57. The zero-order chi connectivity index (χ0) is 70.4. The van der Waals surface area contributed by atoms with Crippen LogP contribution in [0.15, 0.2) is 97.2 Å². The van der Waals surface area contributed by atoms with Gasteiger partial charge in [0.25, 0.3) is 0 Å². The van der Waals surface area contributed by atoms with Gasteiger partial charge in [-0.05, 0) is 122 Å². The van der Waals surface area contributed by atoms with Crippen molar-refractivity contribution in [2.75, 3.05) is 39.6 Å². The molecule has 0 aromatic heterocycles. The van der Waals surface area contributed by atoms with E-state index >= 15 is 0 Å². The number of hydrogen-bond acceptors (Lipinski definition) is 15. The van der Waals surface area contributed by atoms with Gasteiger partial charge in [0.05, 0.1) is 26.4 Å². The molecule has 0 aliphatic heterocycles. The van der Waals surface area contributed by atoms with Gasteiger partial charge in [0, 0.05) is 25.7 Å². The van der Waals surface area contributed by atoms with Gasteiger partial charge in [0.15, 0.2) is 12.2 Å². The minimum atomic E-state index is -4.98. The fourth-order valence-electron chi connectivity index (χ4n) is 9.87. The van der Waals surface area contributed by atoms with E-state index < -0.39 is 97.5 Å². The van der Waals surface area contributed by atoms with Crippen molar-refractivity contribution in [3.05, 3.63) is 97.2 Å². The van der Waals surface area contributed by atoms with Crippen LogP contribution in [0, 0.1) is 0 Å². The number of allylic oxidation sites excluding steroid dienone is 16. The molecule has 0 aromatic carbocycles. The van der Waals surface area contributed by atoms with E-state index in [9.17, 15) is 43.2 Å². The van der Waals surface area contributed by atoms with Gasteiger partial charge in [0.2, 0.25) is 0 Å². The predicted molar refractivity (Wildman–Crippen MR) is 390 cm³/mol. The fraction of sp³-hybridized carbons (Fsp3) is 0.740. The molecular weight excluding hydrogens is 1260 g/mol. The molecule has 19 heteroatoms. The van der Waals surface area contributed by atoms with E-state index in [4.69, 9.17) is 37.0 Å². The van der Waals surface area contributed by atoms with Gasteiger partial charge < -0.3 is 33.8 Å². The second kappa shape index (κ2) is 69.5. The summed E-state index contributed by atoms with van der Waals surface area (Å²) in [5, 5.41) is 10.6. The number of carbonyl (C=O) groups is 4. The first-order chi connectivity index (χ1) is 46.7. The van der Waals surface area contributed by atoms with Crippen LogP contribution in [0.5, 0.6) is 0 Å². The number of ether oxygens (including phenoxy) is 4. The SMILES string of the molecule is CC/C=C\C/C=C\C/C=C\C/C=C\CCCCC(=O)OCC(COP(=O)(O)OCC(O)COP(=O)(O)OCC(COC(=O)CCCCCCC/C=C\C/C=C\C/C=C\CC)OC(=O)CCCCCCC/C=C\CCCCCCCC)OC(=O)CCCCCCCCCCCCC. The van der Waals surface area contributed by atoms with E-state index in [1.165, 1.54) is 77.0 Å². The fourth-order valence-corrected chi connectivity index (χ4v) is 11.4. The maximum Gasteiger partial charge on any atom is 0.472 e. The maximum absolute atomic E-state index is 13.1. The molecule has 0 saturated heterocycles. The summed E-state index contributed by atoms with van der Waals surface area (Å²) in [7, 11) is -9.96. The molecule has 0 rings (SSSR count). The number of aliphatic hydroxyl groups excluding tert-OH is 1. The summed E-state index contributed by atoms with van der Waals surface area (Å²) in [5.41, 5.74) is 0. The highest BCUT2D eigenvalue weighted by Crippen LogP contribution is 2.45. The summed E-state index contributed by atoms with van der Waals surface area (Å²) in [6.07, 6.45) is 71.2. The first-order valence-electron chi connectivity index (χ1n) is 37.5. The topological polar surface area (TPSA) is 237 Å². The second-order valence-electron chi connectivity index (χ2n) is 24.8. The van der Waals surface area contributed by atoms with E-state index in [2.05, 4.69) is 125 Å². The van der Waals surface area contributed by atoms with Crippen molar-refractivity contribution in [1.29, 1.82) is 0 Å². The highest BCUT2D eigenvalue weighted by molar-refractivity contribution is 7.47. The Kier molecular flexibility index (Phi) is 66.6. The van der Waals surface area contributed by atoms with Gasteiger partial charge in [-0.1, -0.05) is 260 Å². The van der Waals surface area contributed by atoms with Crippen LogP contribution in [0.3, 0.4) is 0 Å². The third-order valence-electron chi connectivity index (χ3n) is 15.5. The molecule has 0 radical (unpaired) electrons. The van der Waals surface area contributed by atoms with Crippen molar-refractivity contribution in [3.63, 3.8) is 0 Å². The molecule has 3 N–H and O–H groups in total. The zero-order valence-corrected chi connectivity index (χ0v) is 62.1. The van der Waals surface area contributed by atoms with Gasteiger partial charge in [-0.3, -0.25) is 37.3 Å². The lowest BCUT2D eigenvalue weighted by Gasteiger charge is -2.21. The van der Waals surface area contributed by atoms with E-state index in [-0.39, 0.29) is 25.7 Å². The van der Waals surface area contributed by atoms with Crippen LogP contribution in [0.25, 0.3) is 0 Å². The molecule has 0 amide bonds. The van der Waals surface area contributed by atoms with Crippen molar-refractivity contribution in [3.8, 4) is 0 Å². The first-order valence-corrected chi connectivity index (χ1v) is 40.5. The average Bonchev–Trinajstić information content (AvgIpc) is 1.11. The first kappa shape index (κ1) is 92.0. The predicted octanol–water partition coefficient (Wildman–Crippen LogP) is 21.2. The normalized spacial score (nSPS) is 14.5. The number of rotatable bonds is 70. The Hall–Kier alpha value is -4.02. The number of esters is 4. The Morgan fingerprint density at radius 1 is 0.302 bits per heavy atom. The van der Waals surface area contributed by atoms with Crippen molar-refractivity contribution < 1.29 is 80.2 Å². The molecule has 0 saturated carbocycles. The second-order valence-corrected chi connectivity index (χ2v) is 27.7. The minimum absolute atomic E-state index is 0.0810. The van der Waals surface area contributed by atoms with Gasteiger partial charge in [-0.15, -0.1) is 0 Å². The molecule has 0 aliphatic carbocycles. The zero-order valence-electron chi connectivity index (χ0n) is 60.3. The Morgan fingerprint density at radius 3 is 0.865 bits per heavy atom. The quantitative estimate of drug-likeness (QED) is 0.0169. The van der Waals surface area contributed by atoms with Crippen LogP contribution >= 0.6 is 15.6 Å². The monoisotopic (exact) mass is 1390 g/mol. The van der Waals surface area contributed by atoms with Crippen LogP contribution in [0.4, 0.5) is 0 Å². The highest BCUT2D eigenvalue weighted by atomic mass is 31.2. The van der Waals surface area contributed by atoms with Gasteiger partial charge >= 0.3 is 39.5 Å². The molecule has 17 nitrogen and oxygen atoms in total. The molecule has 0 heterocycles. The summed E-state index contributed by atoms with van der Waals surface area (Å²) in [6, 6.07) is 0. The Balaban J connectivity index is 5.37. The van der Waals surface area contributed by atoms with Crippen molar-refractivity contribution >= 4 is 39.5 Å². The van der Waals surface area contributed by atoms with Crippen LogP contribution in [0.1, 0.15) is 310 Å². The molecule has 96 heavy (non-hydrogen) atoms. The van der Waals surface area contributed by atoms with Gasteiger partial charge in [0.1, 0.15) is 19.3 Å². The van der Waals surface area contributed by atoms with E-state index in [0.29, 0.717) is 25.7 Å². The van der Waals surface area contributed by atoms with Crippen molar-refractivity contribution in [2.45, 2.75) is 329 Å². The number of hydrogen-bond donors (Lipinski definition) is 3. The lowest BCUT2D eigenvalue weighted by Crippen LogP contribution is -2.30. The van der Waals surface area contributed by atoms with Crippen LogP contribution < -0.4 is 0 Å². The molecule has 0 fully saturated rings. The maximum atomic E-state index is 13.1. The lowest BCUT2D eigenvalue weighted by molar-refractivity contribution is -0.161. The smallest absolute Gasteiger partial charge is 0.462 e. The summed E-state index contributed by atoms with van der Waals surface area (Å²) in [5.74, 6) is -2.24. The van der Waals surface area contributed by atoms with Gasteiger partial charge in [-0.2, -0.15) is 0 Å². The van der Waals surface area contributed by atoms with Gasteiger partial charge in [-0.25, -0.2) is 9.13 Å². The number of aliphatic hydroxyl groups is 1. The van der Waals surface area contributed by atoms with E-state index in [0.717, 1.165) is 154 Å². The lowest BCUT2D eigenvalue weighted by atomic mass is 10.1. The number of carbonyl (C=O) groups excluding carboxylic acids is 4. The molecule has 0 spiro atoms. The third-order valence-corrected chi connectivity index (χ3v) is 17.4. The summed E-state index contributed by atoms with van der Waals surface area (Å²) in [4.78, 5) is 72.7. The number of unbranched alkanes of at least 4 members (excludes halogenated alkanes) is 28.